The average molecular weight is 374 g/mol. The summed E-state index contributed by atoms with van der Waals surface area (Å²) in [5, 5.41) is 3.18. The Kier molecular flexibility index (Phi) is 6.47. The Morgan fingerprint density at radius 3 is 2.81 bits per heavy atom. The first-order valence-electron chi connectivity index (χ1n) is 8.96. The van der Waals surface area contributed by atoms with E-state index in [2.05, 4.69) is 27.3 Å². The standard InChI is InChI=1S/C20H24ClN3O2/c1-26-16-10-8-15(9-11-16)18-7-3-2-4-13-24(18)14-19(25)23-17-6-5-12-22-20(17)21/h5-6,8-12,18H,2-4,7,13-14H2,1H3,(H,23,25). The zero-order valence-corrected chi connectivity index (χ0v) is 15.7. The molecule has 6 heteroatoms. The Hall–Kier alpha value is -2.11. The Morgan fingerprint density at radius 2 is 2.08 bits per heavy atom. The third-order valence-corrected chi connectivity index (χ3v) is 5.05. The van der Waals surface area contributed by atoms with Gasteiger partial charge in [0, 0.05) is 12.2 Å². The molecule has 1 aliphatic rings. The number of nitrogens with zero attached hydrogens (tertiary/aromatic N) is 2. The quantitative estimate of drug-likeness (QED) is 0.794. The second-order valence-electron chi connectivity index (χ2n) is 6.50. The van der Waals surface area contributed by atoms with E-state index >= 15 is 0 Å². The molecule has 5 nitrogen and oxygen atoms in total. The van der Waals surface area contributed by atoms with Gasteiger partial charge in [-0.3, -0.25) is 9.69 Å². The van der Waals surface area contributed by atoms with Gasteiger partial charge in [-0.05, 0) is 49.2 Å². The van der Waals surface area contributed by atoms with Crippen LogP contribution in [0.1, 0.15) is 37.3 Å². The molecule has 0 saturated carbocycles. The van der Waals surface area contributed by atoms with Crippen LogP contribution in [0.2, 0.25) is 5.15 Å². The molecule has 1 aromatic heterocycles. The van der Waals surface area contributed by atoms with Gasteiger partial charge in [-0.1, -0.05) is 36.6 Å². The van der Waals surface area contributed by atoms with Crippen molar-refractivity contribution in [1.82, 2.24) is 9.88 Å². The van der Waals surface area contributed by atoms with Gasteiger partial charge in [-0.15, -0.1) is 0 Å². The maximum Gasteiger partial charge on any atom is 0.238 e. The summed E-state index contributed by atoms with van der Waals surface area (Å²) < 4.78 is 5.25. The summed E-state index contributed by atoms with van der Waals surface area (Å²) in [5.41, 5.74) is 1.77. The molecule has 0 bridgehead atoms. The molecule has 1 amide bonds. The largest absolute Gasteiger partial charge is 0.497 e. The SMILES string of the molecule is COc1ccc(C2CCCCCN2CC(=O)Nc2cccnc2Cl)cc1. The summed E-state index contributed by atoms with van der Waals surface area (Å²) in [6.07, 6.45) is 6.12. The summed E-state index contributed by atoms with van der Waals surface area (Å²) >= 11 is 6.04. The molecule has 0 radical (unpaired) electrons. The molecule has 2 heterocycles. The topological polar surface area (TPSA) is 54.5 Å². The van der Waals surface area contributed by atoms with Gasteiger partial charge < -0.3 is 10.1 Å². The first kappa shape index (κ1) is 18.7. The van der Waals surface area contributed by atoms with Crippen molar-refractivity contribution in [2.45, 2.75) is 31.7 Å². The fourth-order valence-electron chi connectivity index (χ4n) is 3.41. The van der Waals surface area contributed by atoms with Gasteiger partial charge in [0.25, 0.3) is 0 Å². The van der Waals surface area contributed by atoms with Crippen LogP contribution in [0.25, 0.3) is 0 Å². The zero-order valence-electron chi connectivity index (χ0n) is 15.0. The van der Waals surface area contributed by atoms with Gasteiger partial charge in [-0.25, -0.2) is 4.98 Å². The number of carbonyl (C=O) groups excluding carboxylic acids is 1. The van der Waals surface area contributed by atoms with Crippen LogP contribution in [0, 0.1) is 0 Å². The number of pyridine rings is 1. The molecule has 1 N–H and O–H groups in total. The van der Waals surface area contributed by atoms with Gasteiger partial charge in [0.15, 0.2) is 5.15 Å². The number of likely N-dealkylation sites (tertiary alicyclic amines) is 1. The Labute approximate surface area is 159 Å². The van der Waals surface area contributed by atoms with Crippen molar-refractivity contribution in [1.29, 1.82) is 0 Å². The van der Waals surface area contributed by atoms with E-state index in [0.717, 1.165) is 25.1 Å². The number of aromatic nitrogens is 1. The van der Waals surface area contributed by atoms with Crippen LogP contribution in [-0.4, -0.2) is 36.0 Å². The lowest BCUT2D eigenvalue weighted by atomic mass is 10.0. The zero-order chi connectivity index (χ0) is 18.4. The highest BCUT2D eigenvalue weighted by Gasteiger charge is 2.24. The summed E-state index contributed by atoms with van der Waals surface area (Å²) in [6.45, 7) is 1.24. The molecule has 1 saturated heterocycles. The number of benzene rings is 1. The van der Waals surface area contributed by atoms with E-state index < -0.39 is 0 Å². The summed E-state index contributed by atoms with van der Waals surface area (Å²) in [7, 11) is 1.67. The number of halogens is 1. The van der Waals surface area contributed by atoms with Crippen molar-refractivity contribution in [3.63, 3.8) is 0 Å². The van der Waals surface area contributed by atoms with Gasteiger partial charge in [0.1, 0.15) is 5.75 Å². The molecule has 3 rings (SSSR count). The molecule has 26 heavy (non-hydrogen) atoms. The van der Waals surface area contributed by atoms with Gasteiger partial charge in [0.2, 0.25) is 5.91 Å². The van der Waals surface area contributed by atoms with E-state index in [1.54, 1.807) is 25.4 Å². The van der Waals surface area contributed by atoms with Gasteiger partial charge in [0.05, 0.1) is 19.3 Å². The second kappa shape index (κ2) is 9.01. The highest BCUT2D eigenvalue weighted by molar-refractivity contribution is 6.32. The monoisotopic (exact) mass is 373 g/mol. The Morgan fingerprint density at radius 1 is 1.27 bits per heavy atom. The molecule has 1 unspecified atom stereocenters. The fraction of sp³-hybridized carbons (Fsp3) is 0.400. The van der Waals surface area contributed by atoms with Gasteiger partial charge in [-0.2, -0.15) is 0 Å². The number of hydrogen-bond donors (Lipinski definition) is 1. The lowest BCUT2D eigenvalue weighted by molar-refractivity contribution is -0.117. The molecule has 1 aromatic carbocycles. The number of nitrogens with one attached hydrogen (secondary N) is 1. The summed E-state index contributed by atoms with van der Waals surface area (Å²) in [5.74, 6) is 0.776. The number of anilines is 1. The van der Waals surface area contributed by atoms with E-state index in [9.17, 15) is 4.79 Å². The highest BCUT2D eigenvalue weighted by Crippen LogP contribution is 2.31. The van der Waals surface area contributed by atoms with E-state index in [-0.39, 0.29) is 11.9 Å². The lowest BCUT2D eigenvalue weighted by Gasteiger charge is -2.29. The van der Waals surface area contributed by atoms with Crippen molar-refractivity contribution >= 4 is 23.2 Å². The van der Waals surface area contributed by atoms with Crippen LogP contribution in [0.3, 0.4) is 0 Å². The van der Waals surface area contributed by atoms with Crippen LogP contribution in [0.4, 0.5) is 5.69 Å². The number of carbonyl (C=O) groups is 1. The molecule has 2 aromatic rings. The predicted molar refractivity (Wildman–Crippen MR) is 104 cm³/mol. The van der Waals surface area contributed by atoms with Crippen molar-refractivity contribution < 1.29 is 9.53 Å². The molecular formula is C20H24ClN3O2. The van der Waals surface area contributed by atoms with E-state index in [0.29, 0.717) is 17.4 Å². The van der Waals surface area contributed by atoms with Crippen molar-refractivity contribution in [3.05, 3.63) is 53.3 Å². The van der Waals surface area contributed by atoms with Crippen molar-refractivity contribution in [2.75, 3.05) is 25.5 Å². The van der Waals surface area contributed by atoms with Crippen LogP contribution in [0.5, 0.6) is 5.75 Å². The van der Waals surface area contributed by atoms with E-state index in [1.807, 2.05) is 12.1 Å². The molecule has 0 aliphatic carbocycles. The van der Waals surface area contributed by atoms with Crippen molar-refractivity contribution in [2.24, 2.45) is 0 Å². The molecule has 1 atom stereocenters. The number of methoxy groups -OCH3 is 1. The van der Waals surface area contributed by atoms with E-state index in [4.69, 9.17) is 16.3 Å². The van der Waals surface area contributed by atoms with Crippen LogP contribution >= 0.6 is 11.6 Å². The molecule has 1 aliphatic heterocycles. The minimum Gasteiger partial charge on any atom is -0.497 e. The van der Waals surface area contributed by atoms with Crippen LogP contribution < -0.4 is 10.1 Å². The number of ether oxygens (including phenoxy) is 1. The predicted octanol–water partition coefficient (Wildman–Crippen LogP) is 4.30. The highest BCUT2D eigenvalue weighted by atomic mass is 35.5. The van der Waals surface area contributed by atoms with Crippen LogP contribution in [0.15, 0.2) is 42.6 Å². The maximum atomic E-state index is 12.6. The average Bonchev–Trinajstić information content (AvgIpc) is 2.89. The summed E-state index contributed by atoms with van der Waals surface area (Å²) in [6, 6.07) is 11.9. The van der Waals surface area contributed by atoms with Crippen molar-refractivity contribution in [3.8, 4) is 5.75 Å². The lowest BCUT2D eigenvalue weighted by Crippen LogP contribution is -2.36. The molecular weight excluding hydrogens is 350 g/mol. The van der Waals surface area contributed by atoms with E-state index in [1.165, 1.54) is 18.4 Å². The minimum atomic E-state index is -0.0692. The maximum absolute atomic E-state index is 12.6. The normalized spacial score (nSPS) is 18.2. The first-order valence-corrected chi connectivity index (χ1v) is 9.33. The first-order chi connectivity index (χ1) is 12.7. The molecule has 1 fully saturated rings. The number of amides is 1. The summed E-state index contributed by atoms with van der Waals surface area (Å²) in [4.78, 5) is 18.8. The third-order valence-electron chi connectivity index (χ3n) is 4.74. The third kappa shape index (κ3) is 4.74. The Balaban J connectivity index is 1.71. The molecule has 138 valence electrons. The number of rotatable bonds is 5. The smallest absolute Gasteiger partial charge is 0.238 e. The fourth-order valence-corrected chi connectivity index (χ4v) is 3.58. The van der Waals surface area contributed by atoms with Gasteiger partial charge >= 0.3 is 0 Å². The molecule has 0 spiro atoms. The Bertz CT molecular complexity index is 736. The minimum absolute atomic E-state index is 0.0692. The van der Waals surface area contributed by atoms with Crippen LogP contribution in [-0.2, 0) is 4.79 Å². The second-order valence-corrected chi connectivity index (χ2v) is 6.86. The number of hydrogen-bond acceptors (Lipinski definition) is 4.